The van der Waals surface area contributed by atoms with Gasteiger partial charge in [-0.05, 0) is 45.3 Å². The number of halogens is 1. The summed E-state index contributed by atoms with van der Waals surface area (Å²) in [5.41, 5.74) is 2.23. The maximum atomic E-state index is 5.24. The van der Waals surface area contributed by atoms with Crippen LogP contribution in [0.5, 0.6) is 5.75 Å². The van der Waals surface area contributed by atoms with E-state index < -0.39 is 0 Å². The van der Waals surface area contributed by atoms with Crippen molar-refractivity contribution in [1.29, 1.82) is 0 Å². The Kier molecular flexibility index (Phi) is 3.02. The van der Waals surface area contributed by atoms with Gasteiger partial charge in [-0.15, -0.1) is 0 Å². The molecule has 0 spiro atoms. The van der Waals surface area contributed by atoms with E-state index in [2.05, 4.69) is 20.9 Å². The van der Waals surface area contributed by atoms with Crippen LogP contribution in [0.15, 0.2) is 47.2 Å². The van der Waals surface area contributed by atoms with E-state index in [9.17, 15) is 0 Å². The Morgan fingerprint density at radius 2 is 1.87 bits per heavy atom. The lowest BCUT2D eigenvalue weighted by molar-refractivity contribution is 0.412. The molecule has 0 N–H and O–H groups in total. The van der Waals surface area contributed by atoms with E-state index in [0.29, 0.717) is 0 Å². The molecule has 0 aliphatic heterocycles. The average Bonchev–Trinajstić information content (AvgIpc) is 2.30. The molecule has 0 fully saturated rings. The zero-order chi connectivity index (χ0) is 10.7. The van der Waals surface area contributed by atoms with Crippen LogP contribution < -0.4 is 4.74 Å². The monoisotopic (exact) mass is 263 g/mol. The van der Waals surface area contributed by atoms with Crippen LogP contribution >= 0.6 is 15.9 Å². The second kappa shape index (κ2) is 4.45. The van der Waals surface area contributed by atoms with Crippen molar-refractivity contribution in [1.82, 2.24) is 4.98 Å². The normalized spacial score (nSPS) is 10.0. The fourth-order valence-corrected chi connectivity index (χ4v) is 2.08. The molecule has 0 saturated carbocycles. The van der Waals surface area contributed by atoms with Gasteiger partial charge in [0.15, 0.2) is 0 Å². The van der Waals surface area contributed by atoms with E-state index in [1.807, 2.05) is 30.3 Å². The number of pyridine rings is 1. The largest absolute Gasteiger partial charge is 0.496 e. The van der Waals surface area contributed by atoms with Gasteiger partial charge >= 0.3 is 0 Å². The molecule has 0 bridgehead atoms. The van der Waals surface area contributed by atoms with Crippen LogP contribution in [0.3, 0.4) is 0 Å². The zero-order valence-corrected chi connectivity index (χ0v) is 9.86. The molecular weight excluding hydrogens is 254 g/mol. The van der Waals surface area contributed by atoms with Crippen molar-refractivity contribution in [3.05, 3.63) is 47.2 Å². The fourth-order valence-electron chi connectivity index (χ4n) is 1.42. The number of hydrogen-bond donors (Lipinski definition) is 0. The Morgan fingerprint density at radius 1 is 1.13 bits per heavy atom. The molecule has 3 heteroatoms. The molecule has 2 rings (SSSR count). The van der Waals surface area contributed by atoms with Gasteiger partial charge in [-0.2, -0.15) is 0 Å². The first-order chi connectivity index (χ1) is 7.33. The average molecular weight is 264 g/mol. The van der Waals surface area contributed by atoms with Gasteiger partial charge in [-0.3, -0.25) is 4.98 Å². The highest BCUT2D eigenvalue weighted by Gasteiger charge is 2.06. The van der Waals surface area contributed by atoms with Gasteiger partial charge in [0, 0.05) is 12.4 Å². The molecule has 2 aromatic rings. The first kappa shape index (κ1) is 10.2. The number of methoxy groups -OCH3 is 1. The summed E-state index contributed by atoms with van der Waals surface area (Å²) in [5, 5.41) is 0. The number of ether oxygens (including phenoxy) is 1. The molecule has 0 atom stereocenters. The van der Waals surface area contributed by atoms with Gasteiger partial charge < -0.3 is 4.74 Å². The maximum Gasteiger partial charge on any atom is 0.133 e. The number of benzene rings is 1. The Balaban J connectivity index is 2.54. The Bertz CT molecular complexity index is 456. The zero-order valence-electron chi connectivity index (χ0n) is 8.27. The maximum absolute atomic E-state index is 5.24. The van der Waals surface area contributed by atoms with E-state index in [1.165, 1.54) is 0 Å². The van der Waals surface area contributed by atoms with E-state index in [0.717, 1.165) is 21.3 Å². The van der Waals surface area contributed by atoms with Crippen LogP contribution in [0, 0.1) is 0 Å². The van der Waals surface area contributed by atoms with Crippen LogP contribution in [0.25, 0.3) is 11.1 Å². The molecule has 1 aromatic carbocycles. The molecule has 0 saturated heterocycles. The molecule has 0 amide bonds. The number of hydrogen-bond acceptors (Lipinski definition) is 2. The summed E-state index contributed by atoms with van der Waals surface area (Å²) >= 11 is 3.53. The second-order valence-corrected chi connectivity index (χ2v) is 3.85. The fraction of sp³-hybridized carbons (Fsp3) is 0.0833. The third-order valence-electron chi connectivity index (χ3n) is 2.17. The number of rotatable bonds is 2. The lowest BCUT2D eigenvalue weighted by Crippen LogP contribution is -1.87. The minimum Gasteiger partial charge on any atom is -0.496 e. The third kappa shape index (κ3) is 2.02. The van der Waals surface area contributed by atoms with Crippen LogP contribution in [-0.2, 0) is 0 Å². The van der Waals surface area contributed by atoms with Gasteiger partial charge in [-0.1, -0.05) is 12.1 Å². The summed E-state index contributed by atoms with van der Waals surface area (Å²) < 4.78 is 6.22. The molecule has 0 unspecified atom stereocenters. The van der Waals surface area contributed by atoms with E-state index in [4.69, 9.17) is 4.74 Å². The van der Waals surface area contributed by atoms with Crippen molar-refractivity contribution in [3.8, 4) is 16.9 Å². The lowest BCUT2D eigenvalue weighted by Gasteiger charge is -2.08. The minimum atomic E-state index is 0.837. The highest BCUT2D eigenvalue weighted by Crippen LogP contribution is 2.34. The molecule has 15 heavy (non-hydrogen) atoms. The van der Waals surface area contributed by atoms with Gasteiger partial charge in [0.05, 0.1) is 11.6 Å². The van der Waals surface area contributed by atoms with Gasteiger partial charge in [-0.25, -0.2) is 0 Å². The van der Waals surface area contributed by atoms with E-state index >= 15 is 0 Å². The molecular formula is C12H10BrNO. The molecule has 76 valence electrons. The Morgan fingerprint density at radius 3 is 2.53 bits per heavy atom. The van der Waals surface area contributed by atoms with Crippen molar-refractivity contribution < 1.29 is 4.74 Å². The molecule has 0 aliphatic rings. The Labute approximate surface area is 97.1 Å². The third-order valence-corrected chi connectivity index (χ3v) is 2.99. The quantitative estimate of drug-likeness (QED) is 0.827. The summed E-state index contributed by atoms with van der Waals surface area (Å²) in [7, 11) is 1.66. The Hall–Kier alpha value is -1.35. The standard InChI is InChI=1S/C12H10BrNO/c1-15-11-4-2-3-10(12(11)13)9-5-7-14-8-6-9/h2-8H,1H3. The highest BCUT2D eigenvalue weighted by molar-refractivity contribution is 9.10. The first-order valence-electron chi connectivity index (χ1n) is 4.56. The van der Waals surface area contributed by atoms with Crippen LogP contribution in [0.4, 0.5) is 0 Å². The van der Waals surface area contributed by atoms with Gasteiger partial charge in [0.2, 0.25) is 0 Å². The van der Waals surface area contributed by atoms with E-state index in [-0.39, 0.29) is 0 Å². The predicted molar refractivity (Wildman–Crippen MR) is 63.9 cm³/mol. The number of aromatic nitrogens is 1. The van der Waals surface area contributed by atoms with Gasteiger partial charge in [0.25, 0.3) is 0 Å². The highest BCUT2D eigenvalue weighted by atomic mass is 79.9. The van der Waals surface area contributed by atoms with Crippen LogP contribution in [0.1, 0.15) is 0 Å². The van der Waals surface area contributed by atoms with E-state index in [1.54, 1.807) is 19.5 Å². The molecule has 1 heterocycles. The van der Waals surface area contributed by atoms with Crippen molar-refractivity contribution in [2.45, 2.75) is 0 Å². The van der Waals surface area contributed by atoms with Crippen LogP contribution in [-0.4, -0.2) is 12.1 Å². The first-order valence-corrected chi connectivity index (χ1v) is 5.35. The molecule has 2 nitrogen and oxygen atoms in total. The van der Waals surface area contributed by atoms with Crippen molar-refractivity contribution >= 4 is 15.9 Å². The predicted octanol–water partition coefficient (Wildman–Crippen LogP) is 3.52. The topological polar surface area (TPSA) is 22.1 Å². The van der Waals surface area contributed by atoms with Gasteiger partial charge in [0.1, 0.15) is 5.75 Å². The van der Waals surface area contributed by atoms with Crippen molar-refractivity contribution in [2.24, 2.45) is 0 Å². The molecule has 0 aliphatic carbocycles. The minimum absolute atomic E-state index is 0.837. The summed E-state index contributed by atoms with van der Waals surface area (Å²) in [6.45, 7) is 0. The van der Waals surface area contributed by atoms with Crippen LogP contribution in [0.2, 0.25) is 0 Å². The lowest BCUT2D eigenvalue weighted by atomic mass is 10.1. The van der Waals surface area contributed by atoms with Crippen molar-refractivity contribution in [3.63, 3.8) is 0 Å². The van der Waals surface area contributed by atoms with Crippen molar-refractivity contribution in [2.75, 3.05) is 7.11 Å². The summed E-state index contributed by atoms with van der Waals surface area (Å²) in [6, 6.07) is 9.88. The molecule has 1 aromatic heterocycles. The summed E-state index contributed by atoms with van der Waals surface area (Å²) in [4.78, 5) is 4.00. The second-order valence-electron chi connectivity index (χ2n) is 3.06. The summed E-state index contributed by atoms with van der Waals surface area (Å²) in [5.74, 6) is 0.837. The molecule has 0 radical (unpaired) electrons. The smallest absolute Gasteiger partial charge is 0.133 e. The summed E-state index contributed by atoms with van der Waals surface area (Å²) in [6.07, 6.45) is 3.56. The number of nitrogens with zero attached hydrogens (tertiary/aromatic N) is 1. The SMILES string of the molecule is COc1cccc(-c2ccncc2)c1Br.